The van der Waals surface area contributed by atoms with E-state index in [1.54, 1.807) is 0 Å². The molecule has 0 spiro atoms. The number of aryl methyl sites for hydroxylation is 1. The number of carboxylic acids is 1. The Labute approximate surface area is 96.9 Å². The van der Waals surface area contributed by atoms with Gasteiger partial charge in [0, 0.05) is 17.0 Å². The Morgan fingerprint density at radius 1 is 1.35 bits per heavy atom. The molecule has 3 aromatic rings. The van der Waals surface area contributed by atoms with E-state index in [9.17, 15) is 9.90 Å². The van der Waals surface area contributed by atoms with Crippen LogP contribution in [0.2, 0.25) is 0 Å². The minimum absolute atomic E-state index is 0.109. The Balaban J connectivity index is 2.61. The molecule has 0 aliphatic heterocycles. The number of carbonyl (C=O) groups is 1. The highest BCUT2D eigenvalue weighted by Gasteiger charge is 2.16. The number of hydrogen-bond donors (Lipinski definition) is 2. The summed E-state index contributed by atoms with van der Waals surface area (Å²) in [4.78, 5) is 18.6. The van der Waals surface area contributed by atoms with E-state index < -0.39 is 5.97 Å². The monoisotopic (exact) mass is 226 g/mol. The second-order valence-electron chi connectivity index (χ2n) is 4.00. The molecule has 0 aliphatic rings. The standard InChI is InChI=1S/C13H10N2O2/c1-7-6-14-11-8-4-2-3-5-9(8)15-12(10(7)11)13(16)17/h2-6,14H,1H3,(H,16,17). The first-order valence-electron chi connectivity index (χ1n) is 5.28. The molecule has 0 amide bonds. The van der Waals surface area contributed by atoms with Gasteiger partial charge in [-0.2, -0.15) is 0 Å². The Morgan fingerprint density at radius 2 is 2.12 bits per heavy atom. The number of fused-ring (bicyclic) bond motifs is 3. The van der Waals surface area contributed by atoms with Crippen molar-refractivity contribution >= 4 is 27.8 Å². The molecule has 84 valence electrons. The van der Waals surface area contributed by atoms with Gasteiger partial charge in [0.15, 0.2) is 5.69 Å². The van der Waals surface area contributed by atoms with Crippen molar-refractivity contribution < 1.29 is 9.90 Å². The minimum Gasteiger partial charge on any atom is -0.476 e. The van der Waals surface area contributed by atoms with Gasteiger partial charge in [0.25, 0.3) is 0 Å². The molecule has 0 saturated carbocycles. The molecule has 2 heterocycles. The van der Waals surface area contributed by atoms with Gasteiger partial charge in [0.1, 0.15) is 0 Å². The molecule has 0 fully saturated rings. The fourth-order valence-corrected chi connectivity index (χ4v) is 2.15. The summed E-state index contributed by atoms with van der Waals surface area (Å²) in [7, 11) is 0. The first-order valence-corrected chi connectivity index (χ1v) is 5.28. The minimum atomic E-state index is -0.997. The number of rotatable bonds is 1. The molecule has 2 N–H and O–H groups in total. The summed E-state index contributed by atoms with van der Waals surface area (Å²) in [6.07, 6.45) is 1.81. The van der Waals surface area contributed by atoms with E-state index in [1.807, 2.05) is 37.4 Å². The lowest BCUT2D eigenvalue weighted by Crippen LogP contribution is -2.02. The Hall–Kier alpha value is -2.36. The van der Waals surface area contributed by atoms with Crippen molar-refractivity contribution in [2.75, 3.05) is 0 Å². The van der Waals surface area contributed by atoms with Gasteiger partial charge < -0.3 is 10.1 Å². The van der Waals surface area contributed by atoms with Crippen LogP contribution in [0.1, 0.15) is 16.1 Å². The molecule has 1 aromatic carbocycles. The van der Waals surface area contributed by atoms with Crippen molar-refractivity contribution in [2.24, 2.45) is 0 Å². The number of H-pyrrole nitrogens is 1. The van der Waals surface area contributed by atoms with Gasteiger partial charge in [-0.1, -0.05) is 18.2 Å². The van der Waals surface area contributed by atoms with Crippen LogP contribution < -0.4 is 0 Å². The van der Waals surface area contributed by atoms with Crippen LogP contribution in [0, 0.1) is 6.92 Å². The van der Waals surface area contributed by atoms with E-state index in [0.717, 1.165) is 16.5 Å². The maximum absolute atomic E-state index is 11.2. The predicted octanol–water partition coefficient (Wildman–Crippen LogP) is 2.72. The van der Waals surface area contributed by atoms with Crippen LogP contribution in [-0.4, -0.2) is 21.0 Å². The zero-order chi connectivity index (χ0) is 12.0. The van der Waals surface area contributed by atoms with Gasteiger partial charge in [0.2, 0.25) is 0 Å². The van der Waals surface area contributed by atoms with E-state index >= 15 is 0 Å². The van der Waals surface area contributed by atoms with E-state index in [4.69, 9.17) is 0 Å². The SMILES string of the molecule is Cc1c[nH]c2c1c(C(=O)O)nc1ccccc12. The number of aromatic nitrogens is 2. The lowest BCUT2D eigenvalue weighted by Gasteiger charge is -2.03. The summed E-state index contributed by atoms with van der Waals surface area (Å²) < 4.78 is 0. The van der Waals surface area contributed by atoms with Crippen LogP contribution in [0.3, 0.4) is 0 Å². The second kappa shape index (κ2) is 3.31. The van der Waals surface area contributed by atoms with Crippen LogP contribution in [0.5, 0.6) is 0 Å². The summed E-state index contributed by atoms with van der Waals surface area (Å²) in [6.45, 7) is 1.88. The van der Waals surface area contributed by atoms with Crippen LogP contribution in [0.25, 0.3) is 21.8 Å². The molecule has 0 atom stereocenters. The fourth-order valence-electron chi connectivity index (χ4n) is 2.15. The maximum atomic E-state index is 11.2. The number of nitrogens with zero attached hydrogens (tertiary/aromatic N) is 1. The Bertz CT molecular complexity index is 744. The van der Waals surface area contributed by atoms with Gasteiger partial charge in [-0.05, 0) is 18.6 Å². The predicted molar refractivity (Wildman–Crippen MR) is 65.3 cm³/mol. The number of benzene rings is 1. The molecule has 4 nitrogen and oxygen atoms in total. The smallest absolute Gasteiger partial charge is 0.355 e. The lowest BCUT2D eigenvalue weighted by atomic mass is 10.1. The van der Waals surface area contributed by atoms with Gasteiger partial charge >= 0.3 is 5.97 Å². The summed E-state index contributed by atoms with van der Waals surface area (Å²) in [5.74, 6) is -0.997. The lowest BCUT2D eigenvalue weighted by molar-refractivity contribution is 0.0693. The number of pyridine rings is 1. The molecule has 0 radical (unpaired) electrons. The number of para-hydroxylation sites is 1. The maximum Gasteiger partial charge on any atom is 0.355 e. The molecule has 0 unspecified atom stereocenters. The number of aromatic amines is 1. The van der Waals surface area contributed by atoms with E-state index in [1.165, 1.54) is 0 Å². The van der Waals surface area contributed by atoms with Crippen molar-refractivity contribution in [3.8, 4) is 0 Å². The topological polar surface area (TPSA) is 66.0 Å². The zero-order valence-corrected chi connectivity index (χ0v) is 9.19. The van der Waals surface area contributed by atoms with Crippen LogP contribution >= 0.6 is 0 Å². The largest absolute Gasteiger partial charge is 0.476 e. The van der Waals surface area contributed by atoms with E-state index in [0.29, 0.717) is 10.9 Å². The van der Waals surface area contributed by atoms with Crippen LogP contribution in [0.15, 0.2) is 30.5 Å². The fraction of sp³-hybridized carbons (Fsp3) is 0.0769. The van der Waals surface area contributed by atoms with E-state index in [-0.39, 0.29) is 5.69 Å². The average Bonchev–Trinajstić information content (AvgIpc) is 2.71. The van der Waals surface area contributed by atoms with Crippen LogP contribution in [-0.2, 0) is 0 Å². The molecular weight excluding hydrogens is 216 g/mol. The van der Waals surface area contributed by atoms with Gasteiger partial charge in [-0.3, -0.25) is 0 Å². The van der Waals surface area contributed by atoms with Gasteiger partial charge in [0.05, 0.1) is 11.0 Å². The first-order chi connectivity index (χ1) is 8.18. The van der Waals surface area contributed by atoms with Crippen molar-refractivity contribution in [2.45, 2.75) is 6.92 Å². The molecule has 0 bridgehead atoms. The molecule has 0 saturated heterocycles. The van der Waals surface area contributed by atoms with Crippen molar-refractivity contribution in [3.63, 3.8) is 0 Å². The number of nitrogens with one attached hydrogen (secondary N) is 1. The third-order valence-corrected chi connectivity index (χ3v) is 2.92. The number of carboxylic acid groups (broad SMARTS) is 1. The van der Waals surface area contributed by atoms with Crippen LogP contribution in [0.4, 0.5) is 0 Å². The highest BCUT2D eigenvalue weighted by Crippen LogP contribution is 2.27. The van der Waals surface area contributed by atoms with Gasteiger partial charge in [-0.25, -0.2) is 9.78 Å². The number of aromatic carboxylic acids is 1. The second-order valence-corrected chi connectivity index (χ2v) is 4.00. The van der Waals surface area contributed by atoms with Crippen molar-refractivity contribution in [1.82, 2.24) is 9.97 Å². The molecule has 2 aromatic heterocycles. The Kier molecular flexibility index (Phi) is 1.92. The Morgan fingerprint density at radius 3 is 2.88 bits per heavy atom. The summed E-state index contributed by atoms with van der Waals surface area (Å²) in [5, 5.41) is 10.8. The molecule has 4 heteroatoms. The molecule has 0 aliphatic carbocycles. The summed E-state index contributed by atoms with van der Waals surface area (Å²) >= 11 is 0. The summed E-state index contributed by atoms with van der Waals surface area (Å²) in [5.41, 5.74) is 2.54. The quantitative estimate of drug-likeness (QED) is 0.670. The third-order valence-electron chi connectivity index (χ3n) is 2.92. The summed E-state index contributed by atoms with van der Waals surface area (Å²) in [6, 6.07) is 7.52. The third kappa shape index (κ3) is 1.30. The normalized spacial score (nSPS) is 11.1. The van der Waals surface area contributed by atoms with Crippen molar-refractivity contribution in [1.29, 1.82) is 0 Å². The molecule has 17 heavy (non-hydrogen) atoms. The highest BCUT2D eigenvalue weighted by molar-refractivity contribution is 6.12. The molecular formula is C13H10N2O2. The van der Waals surface area contributed by atoms with Gasteiger partial charge in [-0.15, -0.1) is 0 Å². The highest BCUT2D eigenvalue weighted by atomic mass is 16.4. The first kappa shape index (κ1) is 9.84. The average molecular weight is 226 g/mol. The van der Waals surface area contributed by atoms with Crippen molar-refractivity contribution in [3.05, 3.63) is 41.7 Å². The zero-order valence-electron chi connectivity index (χ0n) is 9.19. The number of hydrogen-bond acceptors (Lipinski definition) is 2. The molecule has 3 rings (SSSR count). The van der Waals surface area contributed by atoms with E-state index in [2.05, 4.69) is 9.97 Å².